The topological polar surface area (TPSA) is 67.8 Å². The van der Waals surface area contributed by atoms with Gasteiger partial charge in [-0.2, -0.15) is 0 Å². The number of aliphatic carboxylic acids is 1. The molecule has 5 heteroatoms. The van der Waals surface area contributed by atoms with Crippen LogP contribution in [0.4, 0.5) is 0 Å². The zero-order valence-electron chi connectivity index (χ0n) is 9.23. The maximum atomic E-state index is 10.7. The third kappa shape index (κ3) is 4.15. The van der Waals surface area contributed by atoms with E-state index in [1.165, 1.54) is 0 Å². The van der Waals surface area contributed by atoms with Gasteiger partial charge in [0.05, 0.1) is 31.8 Å². The molecule has 15 heavy (non-hydrogen) atoms. The van der Waals surface area contributed by atoms with Crippen molar-refractivity contribution in [3.63, 3.8) is 0 Å². The van der Waals surface area contributed by atoms with Crippen molar-refractivity contribution < 1.29 is 19.4 Å². The number of nitrogens with one attached hydrogen (secondary N) is 1. The van der Waals surface area contributed by atoms with E-state index >= 15 is 0 Å². The van der Waals surface area contributed by atoms with Gasteiger partial charge in [-0.25, -0.2) is 0 Å². The lowest BCUT2D eigenvalue weighted by atomic mass is 10.0. The Morgan fingerprint density at radius 3 is 2.80 bits per heavy atom. The van der Waals surface area contributed by atoms with Gasteiger partial charge in [0.25, 0.3) is 0 Å². The molecule has 0 radical (unpaired) electrons. The second kappa shape index (κ2) is 6.05. The van der Waals surface area contributed by atoms with E-state index in [9.17, 15) is 4.79 Å². The number of carboxylic acids is 1. The van der Waals surface area contributed by atoms with Gasteiger partial charge in [0, 0.05) is 12.6 Å². The molecule has 0 aromatic heterocycles. The number of ether oxygens (including phenoxy) is 2. The number of carboxylic acid groups (broad SMARTS) is 1. The maximum Gasteiger partial charge on any atom is 0.307 e. The molecule has 0 aromatic carbocycles. The number of hydrogen-bond donors (Lipinski definition) is 2. The second-order valence-electron chi connectivity index (χ2n) is 3.89. The van der Waals surface area contributed by atoms with Crippen LogP contribution in [-0.4, -0.2) is 49.6 Å². The molecule has 1 rings (SSSR count). The van der Waals surface area contributed by atoms with Crippen molar-refractivity contribution in [2.45, 2.75) is 26.0 Å². The largest absolute Gasteiger partial charge is 0.481 e. The van der Waals surface area contributed by atoms with E-state index in [1.807, 2.05) is 6.92 Å². The van der Waals surface area contributed by atoms with Gasteiger partial charge in [-0.3, -0.25) is 4.79 Å². The van der Waals surface area contributed by atoms with Crippen LogP contribution in [0.25, 0.3) is 0 Å². The summed E-state index contributed by atoms with van der Waals surface area (Å²) in [6.07, 6.45) is 0.0437. The van der Waals surface area contributed by atoms with Gasteiger partial charge in [0.2, 0.25) is 0 Å². The maximum absolute atomic E-state index is 10.7. The zero-order chi connectivity index (χ0) is 11.3. The molecule has 3 unspecified atom stereocenters. The van der Waals surface area contributed by atoms with E-state index in [4.69, 9.17) is 14.6 Å². The molecule has 0 spiro atoms. The molecule has 0 aliphatic carbocycles. The molecule has 2 N–H and O–H groups in total. The average molecular weight is 217 g/mol. The Kier molecular flexibility index (Phi) is 5.01. The number of rotatable bonds is 5. The van der Waals surface area contributed by atoms with Crippen LogP contribution in [-0.2, 0) is 14.3 Å². The van der Waals surface area contributed by atoms with Crippen LogP contribution in [0.5, 0.6) is 0 Å². The monoisotopic (exact) mass is 217 g/mol. The lowest BCUT2D eigenvalue weighted by Crippen LogP contribution is -2.44. The van der Waals surface area contributed by atoms with Gasteiger partial charge >= 0.3 is 5.97 Å². The van der Waals surface area contributed by atoms with Crippen molar-refractivity contribution in [3.8, 4) is 0 Å². The fourth-order valence-corrected chi connectivity index (χ4v) is 1.36. The summed E-state index contributed by atoms with van der Waals surface area (Å²) >= 11 is 0. The number of carbonyl (C=O) groups is 1. The summed E-state index contributed by atoms with van der Waals surface area (Å²) in [6, 6.07) is -0.0620. The Bertz CT molecular complexity index is 204. The highest BCUT2D eigenvalue weighted by atomic mass is 16.6. The summed E-state index contributed by atoms with van der Waals surface area (Å²) in [5, 5.41) is 11.9. The van der Waals surface area contributed by atoms with E-state index in [0.717, 1.165) is 0 Å². The Labute approximate surface area is 89.8 Å². The second-order valence-corrected chi connectivity index (χ2v) is 3.89. The molecule has 0 bridgehead atoms. The van der Waals surface area contributed by atoms with Crippen molar-refractivity contribution in [2.75, 3.05) is 26.4 Å². The smallest absolute Gasteiger partial charge is 0.307 e. The van der Waals surface area contributed by atoms with Crippen molar-refractivity contribution in [2.24, 2.45) is 5.92 Å². The SMILES string of the molecule is CC(NCC1COCCO1)C(C)C(=O)O. The van der Waals surface area contributed by atoms with Crippen LogP contribution >= 0.6 is 0 Å². The molecule has 1 fully saturated rings. The van der Waals surface area contributed by atoms with Gasteiger partial charge in [0.15, 0.2) is 0 Å². The average Bonchev–Trinajstić information content (AvgIpc) is 2.26. The first-order valence-electron chi connectivity index (χ1n) is 5.26. The third-order valence-electron chi connectivity index (χ3n) is 2.69. The summed E-state index contributed by atoms with van der Waals surface area (Å²) in [5.41, 5.74) is 0. The molecular formula is C10H19NO4. The molecule has 0 aromatic rings. The standard InChI is InChI=1S/C10H19NO4/c1-7(10(12)13)8(2)11-5-9-6-14-3-4-15-9/h7-9,11H,3-6H2,1-2H3,(H,12,13). The lowest BCUT2D eigenvalue weighted by molar-refractivity contribution is -0.142. The summed E-state index contributed by atoms with van der Waals surface area (Å²) in [7, 11) is 0. The molecule has 1 aliphatic rings. The minimum absolute atomic E-state index is 0.0437. The Morgan fingerprint density at radius 2 is 2.27 bits per heavy atom. The minimum atomic E-state index is -0.782. The highest BCUT2D eigenvalue weighted by Gasteiger charge is 2.21. The molecule has 88 valence electrons. The predicted molar refractivity (Wildman–Crippen MR) is 54.8 cm³/mol. The van der Waals surface area contributed by atoms with Crippen LogP contribution in [0.1, 0.15) is 13.8 Å². The minimum Gasteiger partial charge on any atom is -0.481 e. The predicted octanol–water partition coefficient (Wildman–Crippen LogP) is 0.101. The molecule has 1 aliphatic heterocycles. The molecule has 1 saturated heterocycles. The first-order valence-corrected chi connectivity index (χ1v) is 5.26. The number of hydrogen-bond acceptors (Lipinski definition) is 4. The molecule has 5 nitrogen and oxygen atoms in total. The Hall–Kier alpha value is -0.650. The Morgan fingerprint density at radius 1 is 1.53 bits per heavy atom. The van der Waals surface area contributed by atoms with E-state index in [2.05, 4.69) is 5.32 Å². The summed E-state index contributed by atoms with van der Waals surface area (Å²) in [6.45, 7) is 6.05. The van der Waals surface area contributed by atoms with Gasteiger partial charge in [0.1, 0.15) is 0 Å². The van der Waals surface area contributed by atoms with Crippen LogP contribution in [0.2, 0.25) is 0 Å². The van der Waals surface area contributed by atoms with Gasteiger partial charge in [-0.15, -0.1) is 0 Å². The third-order valence-corrected chi connectivity index (χ3v) is 2.69. The van der Waals surface area contributed by atoms with E-state index in [0.29, 0.717) is 26.4 Å². The van der Waals surface area contributed by atoms with Crippen molar-refractivity contribution >= 4 is 5.97 Å². The highest BCUT2D eigenvalue weighted by molar-refractivity contribution is 5.70. The summed E-state index contributed by atoms with van der Waals surface area (Å²) in [4.78, 5) is 10.7. The van der Waals surface area contributed by atoms with E-state index in [1.54, 1.807) is 6.92 Å². The van der Waals surface area contributed by atoms with E-state index < -0.39 is 11.9 Å². The van der Waals surface area contributed by atoms with Crippen molar-refractivity contribution in [1.29, 1.82) is 0 Å². The molecule has 1 heterocycles. The van der Waals surface area contributed by atoms with Crippen molar-refractivity contribution in [1.82, 2.24) is 5.32 Å². The molecule has 0 amide bonds. The molecular weight excluding hydrogens is 198 g/mol. The fourth-order valence-electron chi connectivity index (χ4n) is 1.36. The highest BCUT2D eigenvalue weighted by Crippen LogP contribution is 2.04. The van der Waals surface area contributed by atoms with Gasteiger partial charge in [-0.1, -0.05) is 6.92 Å². The summed E-state index contributed by atoms with van der Waals surface area (Å²) < 4.78 is 10.7. The van der Waals surface area contributed by atoms with Gasteiger partial charge in [-0.05, 0) is 6.92 Å². The van der Waals surface area contributed by atoms with Crippen LogP contribution in [0.15, 0.2) is 0 Å². The van der Waals surface area contributed by atoms with Crippen molar-refractivity contribution in [3.05, 3.63) is 0 Å². The normalized spacial score (nSPS) is 25.9. The van der Waals surface area contributed by atoms with E-state index in [-0.39, 0.29) is 12.1 Å². The summed E-state index contributed by atoms with van der Waals surface area (Å²) in [5.74, 6) is -1.18. The van der Waals surface area contributed by atoms with Crippen LogP contribution < -0.4 is 5.32 Å². The quantitative estimate of drug-likeness (QED) is 0.683. The lowest BCUT2D eigenvalue weighted by Gasteiger charge is -2.26. The molecule has 0 saturated carbocycles. The fraction of sp³-hybridized carbons (Fsp3) is 0.900. The first-order chi connectivity index (χ1) is 7.11. The first kappa shape index (κ1) is 12.4. The Balaban J connectivity index is 2.20. The van der Waals surface area contributed by atoms with Crippen LogP contribution in [0.3, 0.4) is 0 Å². The molecule has 3 atom stereocenters. The zero-order valence-corrected chi connectivity index (χ0v) is 9.23. The van der Waals surface area contributed by atoms with Crippen LogP contribution in [0, 0.1) is 5.92 Å². The van der Waals surface area contributed by atoms with Gasteiger partial charge < -0.3 is 19.9 Å².